The number of ether oxygens (including phenoxy) is 1. The second-order valence-electron chi connectivity index (χ2n) is 5.59. The molecule has 3 rings (SSSR count). The fraction of sp³-hybridized carbons (Fsp3) is 0.600. The SMILES string of the molecule is S=C1SCN(Cc2cccnc2)CN1CCN1CCOCC1. The molecule has 0 spiro atoms. The third-order valence-corrected chi connectivity index (χ3v) is 5.53. The van der Waals surface area contributed by atoms with Gasteiger partial charge in [0.1, 0.15) is 4.32 Å². The number of thiocarbonyl (C=S) groups is 1. The molecular weight excluding hydrogens is 316 g/mol. The molecule has 2 saturated heterocycles. The molecule has 0 aliphatic carbocycles. The van der Waals surface area contributed by atoms with Gasteiger partial charge in [0.05, 0.1) is 25.8 Å². The summed E-state index contributed by atoms with van der Waals surface area (Å²) in [6.45, 7) is 7.67. The average molecular weight is 339 g/mol. The maximum atomic E-state index is 5.52. The second kappa shape index (κ2) is 8.21. The van der Waals surface area contributed by atoms with Gasteiger partial charge in [0.25, 0.3) is 0 Å². The summed E-state index contributed by atoms with van der Waals surface area (Å²) in [6, 6.07) is 4.12. The van der Waals surface area contributed by atoms with Gasteiger partial charge in [0.2, 0.25) is 0 Å². The Bertz CT molecular complexity index is 482. The molecule has 0 radical (unpaired) electrons. The zero-order chi connectivity index (χ0) is 15.2. The van der Waals surface area contributed by atoms with Gasteiger partial charge < -0.3 is 9.64 Å². The zero-order valence-electron chi connectivity index (χ0n) is 12.7. The van der Waals surface area contributed by atoms with Gasteiger partial charge in [0, 0.05) is 45.1 Å². The van der Waals surface area contributed by atoms with Gasteiger partial charge in [-0.15, -0.1) is 0 Å². The molecule has 5 nitrogen and oxygen atoms in total. The Balaban J connectivity index is 1.49. The van der Waals surface area contributed by atoms with Gasteiger partial charge in [0.15, 0.2) is 0 Å². The smallest absolute Gasteiger partial charge is 0.138 e. The van der Waals surface area contributed by atoms with Crippen molar-refractivity contribution in [2.24, 2.45) is 0 Å². The Morgan fingerprint density at radius 1 is 1.23 bits per heavy atom. The van der Waals surface area contributed by atoms with Gasteiger partial charge in [-0.3, -0.25) is 14.8 Å². The van der Waals surface area contributed by atoms with Crippen LogP contribution in [0.2, 0.25) is 0 Å². The molecule has 22 heavy (non-hydrogen) atoms. The molecule has 0 N–H and O–H groups in total. The Hall–Kier alpha value is -0.730. The van der Waals surface area contributed by atoms with Crippen LogP contribution in [0, 0.1) is 0 Å². The number of nitrogens with zero attached hydrogens (tertiary/aromatic N) is 4. The van der Waals surface area contributed by atoms with Crippen molar-refractivity contribution in [3.05, 3.63) is 30.1 Å². The highest BCUT2D eigenvalue weighted by molar-refractivity contribution is 8.22. The number of morpholine rings is 1. The van der Waals surface area contributed by atoms with E-state index in [-0.39, 0.29) is 0 Å². The van der Waals surface area contributed by atoms with Crippen LogP contribution in [-0.4, -0.2) is 75.9 Å². The predicted molar refractivity (Wildman–Crippen MR) is 93.7 cm³/mol. The van der Waals surface area contributed by atoms with E-state index in [0.29, 0.717) is 0 Å². The minimum atomic E-state index is 0.854. The number of aromatic nitrogens is 1. The lowest BCUT2D eigenvalue weighted by Crippen LogP contribution is -2.48. The summed E-state index contributed by atoms with van der Waals surface area (Å²) >= 11 is 7.28. The van der Waals surface area contributed by atoms with E-state index in [1.165, 1.54) is 5.56 Å². The van der Waals surface area contributed by atoms with Gasteiger partial charge in [-0.2, -0.15) is 0 Å². The highest BCUT2D eigenvalue weighted by Crippen LogP contribution is 2.20. The fourth-order valence-corrected chi connectivity index (χ4v) is 3.78. The topological polar surface area (TPSA) is 31.8 Å². The predicted octanol–water partition coefficient (Wildman–Crippen LogP) is 1.46. The molecule has 7 heteroatoms. The summed E-state index contributed by atoms with van der Waals surface area (Å²) in [6.07, 6.45) is 3.76. The van der Waals surface area contributed by atoms with E-state index < -0.39 is 0 Å². The summed E-state index contributed by atoms with van der Waals surface area (Å²) in [5.41, 5.74) is 1.25. The molecule has 0 bridgehead atoms. The minimum absolute atomic E-state index is 0.854. The number of hydrogen-bond acceptors (Lipinski definition) is 6. The van der Waals surface area contributed by atoms with Crippen molar-refractivity contribution in [2.45, 2.75) is 6.54 Å². The first-order valence-corrected chi connectivity index (χ1v) is 9.04. The van der Waals surface area contributed by atoms with Crippen LogP contribution >= 0.6 is 24.0 Å². The first-order chi connectivity index (χ1) is 10.8. The summed E-state index contributed by atoms with van der Waals surface area (Å²) in [4.78, 5) is 11.4. The molecule has 2 fully saturated rings. The average Bonchev–Trinajstić information content (AvgIpc) is 2.57. The summed E-state index contributed by atoms with van der Waals surface area (Å²) in [5, 5.41) is 0. The monoisotopic (exact) mass is 338 g/mol. The van der Waals surface area contributed by atoms with Crippen LogP contribution in [0.15, 0.2) is 24.5 Å². The highest BCUT2D eigenvalue weighted by atomic mass is 32.2. The molecule has 120 valence electrons. The van der Waals surface area contributed by atoms with Crippen molar-refractivity contribution in [2.75, 3.05) is 51.9 Å². The molecular formula is C15H22N4OS2. The van der Waals surface area contributed by atoms with Crippen molar-refractivity contribution >= 4 is 28.3 Å². The van der Waals surface area contributed by atoms with Crippen LogP contribution in [0.1, 0.15) is 5.56 Å². The molecule has 3 heterocycles. The maximum absolute atomic E-state index is 5.52. The Morgan fingerprint density at radius 3 is 2.86 bits per heavy atom. The highest BCUT2D eigenvalue weighted by Gasteiger charge is 2.22. The van der Waals surface area contributed by atoms with E-state index in [1.54, 1.807) is 11.8 Å². The Morgan fingerprint density at radius 2 is 2.09 bits per heavy atom. The number of rotatable bonds is 5. The number of thioether (sulfide) groups is 1. The molecule has 0 atom stereocenters. The third kappa shape index (κ3) is 4.63. The first kappa shape index (κ1) is 16.1. The van der Waals surface area contributed by atoms with Crippen LogP contribution in [-0.2, 0) is 11.3 Å². The fourth-order valence-electron chi connectivity index (χ4n) is 2.67. The van der Waals surface area contributed by atoms with Gasteiger partial charge in [-0.05, 0) is 11.6 Å². The van der Waals surface area contributed by atoms with Crippen molar-refractivity contribution in [1.82, 2.24) is 19.7 Å². The number of pyridine rings is 1. The molecule has 1 aromatic rings. The maximum Gasteiger partial charge on any atom is 0.138 e. The molecule has 0 aromatic carbocycles. The second-order valence-corrected chi connectivity index (χ2v) is 7.17. The lowest BCUT2D eigenvalue weighted by molar-refractivity contribution is 0.0344. The van der Waals surface area contributed by atoms with Crippen molar-refractivity contribution in [3.8, 4) is 0 Å². The summed E-state index contributed by atoms with van der Waals surface area (Å²) < 4.78 is 6.42. The first-order valence-electron chi connectivity index (χ1n) is 7.64. The number of hydrogen-bond donors (Lipinski definition) is 0. The van der Waals surface area contributed by atoms with E-state index in [4.69, 9.17) is 17.0 Å². The van der Waals surface area contributed by atoms with Crippen LogP contribution in [0.25, 0.3) is 0 Å². The van der Waals surface area contributed by atoms with Gasteiger partial charge in [-0.1, -0.05) is 30.0 Å². The molecule has 0 unspecified atom stereocenters. The molecule has 0 saturated carbocycles. The van der Waals surface area contributed by atoms with Crippen molar-refractivity contribution < 1.29 is 4.74 Å². The normalized spacial score (nSPS) is 21.3. The Labute approximate surface area is 141 Å². The largest absolute Gasteiger partial charge is 0.379 e. The van der Waals surface area contributed by atoms with Crippen molar-refractivity contribution in [1.29, 1.82) is 0 Å². The summed E-state index contributed by atoms with van der Waals surface area (Å²) in [5.74, 6) is 0.960. The minimum Gasteiger partial charge on any atom is -0.379 e. The molecule has 2 aliphatic rings. The van der Waals surface area contributed by atoms with E-state index >= 15 is 0 Å². The van der Waals surface area contributed by atoms with Crippen LogP contribution in [0.3, 0.4) is 0 Å². The zero-order valence-corrected chi connectivity index (χ0v) is 14.3. The Kier molecular flexibility index (Phi) is 6.03. The van der Waals surface area contributed by atoms with E-state index in [2.05, 4.69) is 25.8 Å². The molecule has 2 aliphatic heterocycles. The molecule has 1 aromatic heterocycles. The standard InChI is InChI=1S/C15H22N4OS2/c21-15-19(5-4-17-6-8-20-9-7-17)12-18(13-22-15)11-14-2-1-3-16-10-14/h1-3,10H,4-9,11-13H2. The van der Waals surface area contributed by atoms with E-state index in [9.17, 15) is 0 Å². The van der Waals surface area contributed by atoms with E-state index in [1.807, 2.05) is 18.5 Å². The lowest BCUT2D eigenvalue weighted by atomic mass is 10.3. The quantitative estimate of drug-likeness (QED) is 0.752. The van der Waals surface area contributed by atoms with Crippen LogP contribution < -0.4 is 0 Å². The van der Waals surface area contributed by atoms with Crippen LogP contribution in [0.5, 0.6) is 0 Å². The van der Waals surface area contributed by atoms with E-state index in [0.717, 1.165) is 62.8 Å². The summed E-state index contributed by atoms with van der Waals surface area (Å²) in [7, 11) is 0. The van der Waals surface area contributed by atoms with Crippen molar-refractivity contribution in [3.63, 3.8) is 0 Å². The third-order valence-electron chi connectivity index (χ3n) is 3.92. The molecule has 0 amide bonds. The lowest BCUT2D eigenvalue weighted by Gasteiger charge is -2.38. The van der Waals surface area contributed by atoms with Crippen LogP contribution in [0.4, 0.5) is 0 Å². The van der Waals surface area contributed by atoms with Gasteiger partial charge in [-0.25, -0.2) is 0 Å². The van der Waals surface area contributed by atoms with Gasteiger partial charge >= 0.3 is 0 Å².